The van der Waals surface area contributed by atoms with Crippen LogP contribution in [0.5, 0.6) is 0 Å². The molecule has 0 aliphatic carbocycles. The molecule has 0 saturated heterocycles. The average molecular weight is 467 g/mol. The maximum atomic E-state index is 12.4. The molecule has 0 rings (SSSR count). The molecule has 172 valence electrons. The smallest absolute Gasteiger partial charge is 0.326 e. The van der Waals surface area contributed by atoms with Gasteiger partial charge in [0.2, 0.25) is 17.7 Å². The molecule has 0 saturated carbocycles. The van der Waals surface area contributed by atoms with Gasteiger partial charge in [-0.25, -0.2) is 4.79 Å². The quantitative estimate of drug-likeness (QED) is 0.162. The molecule has 7 N–H and O–H groups in total. The number of carbonyl (C=O) groups excluding carboxylic acids is 3. The van der Waals surface area contributed by atoms with E-state index >= 15 is 0 Å². The van der Waals surface area contributed by atoms with E-state index < -0.39 is 60.8 Å². The molecule has 0 aromatic heterocycles. The van der Waals surface area contributed by atoms with Gasteiger partial charge in [0.15, 0.2) is 0 Å². The third-order valence-corrected chi connectivity index (χ3v) is 5.20. The number of carbonyl (C=O) groups is 5. The molecular weight excluding hydrogens is 436 g/mol. The van der Waals surface area contributed by atoms with E-state index in [0.29, 0.717) is 17.9 Å². The van der Waals surface area contributed by atoms with Gasteiger partial charge in [-0.3, -0.25) is 19.2 Å². The number of nitrogens with one attached hydrogen (secondary N) is 3. The first kappa shape index (κ1) is 28.0. The van der Waals surface area contributed by atoms with Gasteiger partial charge in [-0.1, -0.05) is 0 Å². The lowest BCUT2D eigenvalue weighted by molar-refractivity contribution is -0.143. The summed E-state index contributed by atoms with van der Waals surface area (Å²) in [5.74, 6) is -3.28. The number of hydrogen-bond acceptors (Lipinski definition) is 8. The number of carboxylic acid groups (broad SMARTS) is 2. The summed E-state index contributed by atoms with van der Waals surface area (Å²) in [6.07, 6.45) is 3.63. The Bertz CT molecular complexity index is 607. The van der Waals surface area contributed by atoms with E-state index in [1.807, 2.05) is 6.26 Å². The van der Waals surface area contributed by atoms with Crippen LogP contribution in [-0.2, 0) is 24.0 Å². The Morgan fingerprint density at radius 2 is 1.47 bits per heavy atom. The molecule has 0 radical (unpaired) electrons. The van der Waals surface area contributed by atoms with Crippen molar-refractivity contribution < 1.29 is 34.2 Å². The van der Waals surface area contributed by atoms with Gasteiger partial charge in [-0.2, -0.15) is 23.5 Å². The maximum Gasteiger partial charge on any atom is 0.326 e. The first-order valence-electron chi connectivity index (χ1n) is 9.17. The molecule has 11 nitrogen and oxygen atoms in total. The molecule has 30 heavy (non-hydrogen) atoms. The zero-order chi connectivity index (χ0) is 23.1. The van der Waals surface area contributed by atoms with Gasteiger partial charge < -0.3 is 31.9 Å². The van der Waals surface area contributed by atoms with Crippen LogP contribution < -0.4 is 21.7 Å². The number of aliphatic carboxylic acids is 2. The minimum absolute atomic E-state index is 0.172. The van der Waals surface area contributed by atoms with Crippen molar-refractivity contribution in [3.8, 4) is 0 Å². The van der Waals surface area contributed by atoms with Gasteiger partial charge in [-0.15, -0.1) is 0 Å². The molecule has 13 heteroatoms. The fourth-order valence-corrected chi connectivity index (χ4v) is 3.18. The van der Waals surface area contributed by atoms with Crippen molar-refractivity contribution in [3.05, 3.63) is 0 Å². The molecule has 0 heterocycles. The van der Waals surface area contributed by atoms with Crippen LogP contribution in [0.4, 0.5) is 0 Å². The summed E-state index contributed by atoms with van der Waals surface area (Å²) in [6.45, 7) is -0.447. The highest BCUT2D eigenvalue weighted by molar-refractivity contribution is 7.98. The topological polar surface area (TPSA) is 188 Å². The third kappa shape index (κ3) is 12.5. The van der Waals surface area contributed by atoms with Crippen LogP contribution >= 0.6 is 23.5 Å². The van der Waals surface area contributed by atoms with E-state index in [1.165, 1.54) is 23.5 Å². The van der Waals surface area contributed by atoms with Crippen LogP contribution in [0, 0.1) is 0 Å². The van der Waals surface area contributed by atoms with Crippen LogP contribution in [0.3, 0.4) is 0 Å². The summed E-state index contributed by atoms with van der Waals surface area (Å²) in [5, 5.41) is 25.1. The molecule has 0 fully saturated rings. The molecule has 0 aliphatic rings. The first-order chi connectivity index (χ1) is 14.1. The van der Waals surface area contributed by atoms with Crippen molar-refractivity contribution in [2.75, 3.05) is 30.6 Å². The standard InChI is InChI=1S/C17H30N4O7S2/c1-29-7-5-10(18)15(25)19-9-13(22)20-11(3-4-14(23)24)16(26)21-12(17(27)28)6-8-30-2/h10-12H,3-9,18H2,1-2H3,(H,19,25)(H,20,22)(H,21,26)(H,23,24)(H,27,28). The molecule has 0 spiro atoms. The first-order valence-corrected chi connectivity index (χ1v) is 12.0. The number of nitrogens with two attached hydrogens (primary N) is 1. The number of thioether (sulfide) groups is 2. The zero-order valence-electron chi connectivity index (χ0n) is 17.0. The van der Waals surface area contributed by atoms with Gasteiger partial charge in [0, 0.05) is 6.42 Å². The van der Waals surface area contributed by atoms with Gasteiger partial charge in [0.05, 0.1) is 12.6 Å². The Morgan fingerprint density at radius 3 is 2.00 bits per heavy atom. The second-order valence-electron chi connectivity index (χ2n) is 6.34. The van der Waals surface area contributed by atoms with Crippen molar-refractivity contribution >= 4 is 53.2 Å². The Morgan fingerprint density at radius 1 is 0.867 bits per heavy atom. The van der Waals surface area contributed by atoms with Gasteiger partial charge in [0.1, 0.15) is 12.1 Å². The number of carboxylic acids is 2. The fraction of sp³-hybridized carbons (Fsp3) is 0.706. The SMILES string of the molecule is CSCCC(N)C(=O)NCC(=O)NC(CCC(=O)O)C(=O)NC(CCSC)C(=O)O. The molecule has 0 aromatic rings. The van der Waals surface area contributed by atoms with E-state index in [4.69, 9.17) is 10.8 Å². The van der Waals surface area contributed by atoms with Gasteiger partial charge >= 0.3 is 11.9 Å². The summed E-state index contributed by atoms with van der Waals surface area (Å²) in [4.78, 5) is 58.6. The van der Waals surface area contributed by atoms with Crippen molar-refractivity contribution in [3.63, 3.8) is 0 Å². The lowest BCUT2D eigenvalue weighted by Gasteiger charge is -2.21. The highest BCUT2D eigenvalue weighted by Gasteiger charge is 2.27. The minimum Gasteiger partial charge on any atom is -0.481 e. The largest absolute Gasteiger partial charge is 0.481 e. The van der Waals surface area contributed by atoms with Crippen molar-refractivity contribution in [1.29, 1.82) is 0 Å². The molecule has 0 aliphatic heterocycles. The molecule has 3 amide bonds. The number of amides is 3. The van der Waals surface area contributed by atoms with Crippen LogP contribution in [0.1, 0.15) is 25.7 Å². The van der Waals surface area contributed by atoms with Gasteiger partial charge in [-0.05, 0) is 43.3 Å². The highest BCUT2D eigenvalue weighted by atomic mass is 32.2. The van der Waals surface area contributed by atoms with Crippen LogP contribution in [0.25, 0.3) is 0 Å². The summed E-state index contributed by atoms with van der Waals surface area (Å²) in [6, 6.07) is -3.20. The Labute approximate surface area is 183 Å². The maximum absolute atomic E-state index is 12.4. The second kappa shape index (κ2) is 15.8. The minimum atomic E-state index is -1.26. The zero-order valence-corrected chi connectivity index (χ0v) is 18.6. The van der Waals surface area contributed by atoms with Crippen LogP contribution in [0.2, 0.25) is 0 Å². The second-order valence-corrected chi connectivity index (χ2v) is 8.31. The van der Waals surface area contributed by atoms with Crippen molar-refractivity contribution in [2.45, 2.75) is 43.8 Å². The Kier molecular flexibility index (Phi) is 14.7. The molecule has 3 unspecified atom stereocenters. The molecule has 0 bridgehead atoms. The van der Waals surface area contributed by atoms with E-state index in [9.17, 15) is 29.1 Å². The van der Waals surface area contributed by atoms with E-state index in [0.717, 1.165) is 0 Å². The number of rotatable bonds is 16. The van der Waals surface area contributed by atoms with Crippen molar-refractivity contribution in [1.82, 2.24) is 16.0 Å². The van der Waals surface area contributed by atoms with Crippen molar-refractivity contribution in [2.24, 2.45) is 5.73 Å². The molecule has 0 aromatic carbocycles. The highest BCUT2D eigenvalue weighted by Crippen LogP contribution is 2.04. The van der Waals surface area contributed by atoms with Crippen LogP contribution in [0.15, 0.2) is 0 Å². The molecule has 3 atom stereocenters. The lowest BCUT2D eigenvalue weighted by Crippen LogP contribution is -2.54. The molecular formula is C17H30N4O7S2. The normalized spacial score (nSPS) is 13.6. The average Bonchev–Trinajstić information content (AvgIpc) is 2.69. The van der Waals surface area contributed by atoms with E-state index in [2.05, 4.69) is 16.0 Å². The Hall–Kier alpha value is -1.99. The number of hydrogen-bond donors (Lipinski definition) is 6. The van der Waals surface area contributed by atoms with Gasteiger partial charge in [0.25, 0.3) is 0 Å². The van der Waals surface area contributed by atoms with Crippen LogP contribution in [-0.4, -0.2) is 88.6 Å². The predicted molar refractivity (Wildman–Crippen MR) is 115 cm³/mol. The summed E-state index contributed by atoms with van der Waals surface area (Å²) >= 11 is 2.94. The lowest BCUT2D eigenvalue weighted by atomic mass is 10.1. The Balaban J connectivity index is 4.88. The summed E-state index contributed by atoms with van der Waals surface area (Å²) in [7, 11) is 0. The summed E-state index contributed by atoms with van der Waals surface area (Å²) in [5.41, 5.74) is 5.70. The monoisotopic (exact) mass is 466 g/mol. The van der Waals surface area contributed by atoms with E-state index in [-0.39, 0.29) is 12.8 Å². The van der Waals surface area contributed by atoms with E-state index in [1.54, 1.807) is 6.26 Å². The predicted octanol–water partition coefficient (Wildman–Crippen LogP) is -1.14. The fourth-order valence-electron chi connectivity index (χ4n) is 2.22. The summed E-state index contributed by atoms with van der Waals surface area (Å²) < 4.78 is 0. The third-order valence-electron chi connectivity index (χ3n) is 3.92.